The van der Waals surface area contributed by atoms with Crippen molar-refractivity contribution in [3.63, 3.8) is 0 Å². The minimum absolute atomic E-state index is 0.0363. The van der Waals surface area contributed by atoms with Gasteiger partial charge in [0.2, 0.25) is 10.0 Å². The van der Waals surface area contributed by atoms with Crippen molar-refractivity contribution in [2.45, 2.75) is 30.9 Å². The number of aliphatic hydroxyl groups excluding tert-OH is 1. The van der Waals surface area contributed by atoms with Crippen LogP contribution in [-0.2, 0) is 10.0 Å². The summed E-state index contributed by atoms with van der Waals surface area (Å²) in [6.07, 6.45) is -0.789. The quantitative estimate of drug-likeness (QED) is 0.502. The number of sulfonamides is 1. The van der Waals surface area contributed by atoms with Crippen LogP contribution in [0.15, 0.2) is 83.8 Å². The zero-order valence-electron chi connectivity index (χ0n) is 17.4. The fourth-order valence-electron chi connectivity index (χ4n) is 3.06. The van der Waals surface area contributed by atoms with Crippen molar-refractivity contribution >= 4 is 15.9 Å². The first-order valence-electron chi connectivity index (χ1n) is 10.0. The van der Waals surface area contributed by atoms with Gasteiger partial charge in [-0.15, -0.1) is 0 Å². The van der Waals surface area contributed by atoms with E-state index in [0.29, 0.717) is 5.56 Å². The lowest BCUT2D eigenvalue weighted by molar-refractivity contribution is 0.0939. The van der Waals surface area contributed by atoms with Gasteiger partial charge in [0, 0.05) is 12.1 Å². The minimum Gasteiger partial charge on any atom is -0.392 e. The average Bonchev–Trinajstić information content (AvgIpc) is 2.78. The molecule has 0 radical (unpaired) electrons. The molecule has 3 N–H and O–H groups in total. The number of aliphatic hydroxyl groups is 1. The van der Waals surface area contributed by atoms with Crippen molar-refractivity contribution in [1.82, 2.24) is 10.0 Å². The number of hydrogen-bond donors (Lipinski definition) is 3. The molecule has 3 rings (SSSR count). The highest BCUT2D eigenvalue weighted by Gasteiger charge is 2.16. The van der Waals surface area contributed by atoms with Crippen LogP contribution in [0.25, 0.3) is 11.1 Å². The van der Waals surface area contributed by atoms with Crippen molar-refractivity contribution in [3.8, 4) is 11.1 Å². The molecule has 0 fully saturated rings. The molecule has 0 saturated carbocycles. The fourth-order valence-corrected chi connectivity index (χ4v) is 4.18. The van der Waals surface area contributed by atoms with E-state index in [4.69, 9.17) is 0 Å². The van der Waals surface area contributed by atoms with Crippen molar-refractivity contribution < 1.29 is 18.3 Å². The maximum absolute atomic E-state index is 12.6. The lowest BCUT2D eigenvalue weighted by atomic mass is 10.0. The third-order valence-electron chi connectivity index (χ3n) is 4.86. The summed E-state index contributed by atoms with van der Waals surface area (Å²) < 4.78 is 26.7. The van der Waals surface area contributed by atoms with Crippen LogP contribution in [-0.4, -0.2) is 32.1 Å². The number of carbonyl (C=O) groups is 1. The van der Waals surface area contributed by atoms with Gasteiger partial charge in [-0.2, -0.15) is 0 Å². The van der Waals surface area contributed by atoms with E-state index < -0.39 is 16.1 Å². The van der Waals surface area contributed by atoms with Gasteiger partial charge in [0.15, 0.2) is 0 Å². The first-order chi connectivity index (χ1) is 14.8. The maximum Gasteiger partial charge on any atom is 0.251 e. The highest BCUT2D eigenvalue weighted by Crippen LogP contribution is 2.22. The number of amides is 1. The predicted molar refractivity (Wildman–Crippen MR) is 121 cm³/mol. The van der Waals surface area contributed by atoms with Crippen molar-refractivity contribution in [2.75, 3.05) is 6.54 Å². The smallest absolute Gasteiger partial charge is 0.251 e. The molecule has 0 saturated heterocycles. The number of benzene rings is 3. The Morgan fingerprint density at radius 3 is 2.03 bits per heavy atom. The van der Waals surface area contributed by atoms with E-state index in [2.05, 4.69) is 10.0 Å². The summed E-state index contributed by atoms with van der Waals surface area (Å²) in [5.41, 5.74) is 3.56. The summed E-state index contributed by atoms with van der Waals surface area (Å²) in [5.74, 6) is -0.291. The maximum atomic E-state index is 12.6. The summed E-state index contributed by atoms with van der Waals surface area (Å²) in [4.78, 5) is 12.6. The van der Waals surface area contributed by atoms with Crippen molar-refractivity contribution in [2.24, 2.45) is 0 Å². The second kappa shape index (κ2) is 9.87. The normalized spacial score (nSPS) is 13.4. The Hall–Kier alpha value is -3.00. The topological polar surface area (TPSA) is 95.5 Å². The van der Waals surface area contributed by atoms with Gasteiger partial charge in [-0.05, 0) is 54.8 Å². The van der Waals surface area contributed by atoms with Crippen molar-refractivity contribution in [3.05, 3.63) is 90.0 Å². The molecular formula is C24H26N2O4S. The van der Waals surface area contributed by atoms with Crippen LogP contribution < -0.4 is 10.0 Å². The summed E-state index contributed by atoms with van der Waals surface area (Å²) in [5, 5.41) is 12.2. The van der Waals surface area contributed by atoms with E-state index in [9.17, 15) is 18.3 Å². The fraction of sp³-hybridized carbons (Fsp3) is 0.208. The van der Waals surface area contributed by atoms with E-state index in [-0.39, 0.29) is 23.4 Å². The molecule has 0 spiro atoms. The molecule has 0 aliphatic heterocycles. The van der Waals surface area contributed by atoms with Crippen LogP contribution in [0.4, 0.5) is 0 Å². The Labute approximate surface area is 183 Å². The van der Waals surface area contributed by atoms with Gasteiger partial charge in [0.25, 0.3) is 5.91 Å². The molecule has 31 heavy (non-hydrogen) atoms. The van der Waals surface area contributed by atoms with Gasteiger partial charge in [-0.25, -0.2) is 13.1 Å². The van der Waals surface area contributed by atoms with Crippen LogP contribution >= 0.6 is 0 Å². The van der Waals surface area contributed by atoms with E-state index in [0.717, 1.165) is 16.7 Å². The van der Waals surface area contributed by atoms with Crippen LogP contribution in [0.2, 0.25) is 0 Å². The third-order valence-corrected chi connectivity index (χ3v) is 6.30. The third kappa shape index (κ3) is 6.01. The Morgan fingerprint density at radius 2 is 1.45 bits per heavy atom. The largest absolute Gasteiger partial charge is 0.392 e. The zero-order valence-corrected chi connectivity index (χ0v) is 18.3. The Bertz CT molecular complexity index is 1110. The molecule has 0 aliphatic carbocycles. The lowest BCUT2D eigenvalue weighted by Gasteiger charge is -2.15. The van der Waals surface area contributed by atoms with E-state index in [1.807, 2.05) is 61.5 Å². The molecule has 3 aromatic carbocycles. The van der Waals surface area contributed by atoms with Gasteiger partial charge < -0.3 is 10.4 Å². The van der Waals surface area contributed by atoms with Gasteiger partial charge in [0.1, 0.15) is 0 Å². The van der Waals surface area contributed by atoms with Crippen LogP contribution in [0.5, 0.6) is 0 Å². The Morgan fingerprint density at radius 1 is 0.871 bits per heavy atom. The highest BCUT2D eigenvalue weighted by molar-refractivity contribution is 7.89. The van der Waals surface area contributed by atoms with Gasteiger partial charge in [0.05, 0.1) is 17.0 Å². The SMILES string of the molecule is CC(O)CNS(=O)(=O)c1ccc(C(=O)NC(C)c2ccc(-c3ccccc3)cc2)cc1. The monoisotopic (exact) mass is 438 g/mol. The molecule has 0 heterocycles. The highest BCUT2D eigenvalue weighted by atomic mass is 32.2. The zero-order chi connectivity index (χ0) is 22.4. The van der Waals surface area contributed by atoms with E-state index in [1.165, 1.54) is 31.2 Å². The van der Waals surface area contributed by atoms with Gasteiger partial charge >= 0.3 is 0 Å². The molecule has 0 aromatic heterocycles. The molecule has 2 unspecified atom stereocenters. The molecule has 7 heteroatoms. The molecule has 0 aliphatic rings. The molecule has 0 bridgehead atoms. The summed E-state index contributed by atoms with van der Waals surface area (Å²) in [7, 11) is -3.73. The standard InChI is InChI=1S/C24H26N2O4S/c1-17(27)16-25-31(29,30)23-14-12-22(13-15-23)24(28)26-18(2)19-8-10-21(11-9-19)20-6-4-3-5-7-20/h3-15,17-18,25,27H,16H2,1-2H3,(H,26,28). The number of nitrogens with one attached hydrogen (secondary N) is 2. The number of rotatable bonds is 8. The summed E-state index contributed by atoms with van der Waals surface area (Å²) >= 11 is 0. The molecule has 1 amide bonds. The summed E-state index contributed by atoms with van der Waals surface area (Å²) in [6, 6.07) is 23.5. The van der Waals surface area contributed by atoms with E-state index >= 15 is 0 Å². The Kier molecular flexibility index (Phi) is 7.22. The molecule has 2 atom stereocenters. The first-order valence-corrected chi connectivity index (χ1v) is 11.5. The second-order valence-corrected chi connectivity index (χ2v) is 9.18. The number of hydrogen-bond acceptors (Lipinski definition) is 4. The summed E-state index contributed by atoms with van der Waals surface area (Å²) in [6.45, 7) is 3.31. The van der Waals surface area contributed by atoms with Crippen LogP contribution in [0, 0.1) is 0 Å². The molecular weight excluding hydrogens is 412 g/mol. The predicted octanol–water partition coefficient (Wildman–Crippen LogP) is 3.50. The van der Waals surface area contributed by atoms with Crippen LogP contribution in [0.3, 0.4) is 0 Å². The van der Waals surface area contributed by atoms with Gasteiger partial charge in [-0.3, -0.25) is 4.79 Å². The molecule has 162 valence electrons. The lowest BCUT2D eigenvalue weighted by Crippen LogP contribution is -2.30. The molecule has 6 nitrogen and oxygen atoms in total. The Balaban J connectivity index is 1.64. The van der Waals surface area contributed by atoms with Crippen LogP contribution in [0.1, 0.15) is 35.8 Å². The average molecular weight is 439 g/mol. The number of carbonyl (C=O) groups excluding carboxylic acids is 1. The minimum atomic E-state index is -3.73. The first kappa shape index (κ1) is 22.7. The van der Waals surface area contributed by atoms with Gasteiger partial charge in [-0.1, -0.05) is 54.6 Å². The van der Waals surface area contributed by atoms with E-state index in [1.54, 1.807) is 0 Å². The molecule has 3 aromatic rings. The van der Waals surface area contributed by atoms with Crippen molar-refractivity contribution in [1.29, 1.82) is 0 Å². The second-order valence-electron chi connectivity index (χ2n) is 7.41.